The molecule has 2 aliphatic heterocycles. The molecule has 0 fully saturated rings. The summed E-state index contributed by atoms with van der Waals surface area (Å²) in [5.41, 5.74) is 2.36. The number of ether oxygens (including phenoxy) is 1. The Morgan fingerprint density at radius 1 is 1.04 bits per heavy atom. The van der Waals surface area contributed by atoms with Gasteiger partial charge in [0, 0.05) is 38.8 Å². The first-order valence-electron chi connectivity index (χ1n) is 7.73. The summed E-state index contributed by atoms with van der Waals surface area (Å²) in [6.07, 6.45) is 0. The van der Waals surface area contributed by atoms with Crippen LogP contribution in [0.5, 0.6) is 5.75 Å². The van der Waals surface area contributed by atoms with Gasteiger partial charge in [-0.1, -0.05) is 30.3 Å². The monoisotopic (exact) mass is 338 g/mol. The zero-order valence-electron chi connectivity index (χ0n) is 12.3. The van der Waals surface area contributed by atoms with Crippen LogP contribution in [0.4, 0.5) is 0 Å². The van der Waals surface area contributed by atoms with Gasteiger partial charge in [0.2, 0.25) is 0 Å². The Morgan fingerprint density at radius 2 is 1.87 bits per heavy atom. The fourth-order valence-corrected chi connectivity index (χ4v) is 6.33. The van der Waals surface area contributed by atoms with Crippen molar-refractivity contribution in [3.05, 3.63) is 69.9 Å². The van der Waals surface area contributed by atoms with Crippen molar-refractivity contribution in [3.8, 4) is 5.75 Å². The Labute approximate surface area is 142 Å². The number of rotatable bonds is 0. The molecule has 0 saturated carbocycles. The molecule has 2 aliphatic rings. The zero-order chi connectivity index (χ0) is 15.4. The maximum absolute atomic E-state index is 13.2. The highest BCUT2D eigenvalue weighted by Gasteiger charge is 2.39. The van der Waals surface area contributed by atoms with Crippen molar-refractivity contribution in [2.45, 2.75) is 10.1 Å². The molecule has 0 unspecified atom stereocenters. The summed E-state index contributed by atoms with van der Waals surface area (Å²) in [5, 5.41) is 0.849. The van der Waals surface area contributed by atoms with E-state index >= 15 is 0 Å². The van der Waals surface area contributed by atoms with E-state index < -0.39 is 0 Å². The Kier molecular flexibility index (Phi) is 3.03. The van der Waals surface area contributed by atoms with Gasteiger partial charge in [0.1, 0.15) is 5.75 Å². The number of fused-ring (bicyclic) bond motifs is 6. The lowest BCUT2D eigenvalue weighted by atomic mass is 9.80. The van der Waals surface area contributed by atoms with E-state index in [4.69, 9.17) is 4.74 Å². The van der Waals surface area contributed by atoms with E-state index in [1.54, 1.807) is 11.3 Å². The van der Waals surface area contributed by atoms with Gasteiger partial charge < -0.3 is 4.74 Å². The maximum Gasteiger partial charge on any atom is 0.193 e. The topological polar surface area (TPSA) is 26.3 Å². The molecule has 0 aliphatic carbocycles. The minimum atomic E-state index is 0.171. The molecule has 1 aromatic heterocycles. The molecule has 0 spiro atoms. The van der Waals surface area contributed by atoms with Crippen LogP contribution in [0.2, 0.25) is 0 Å². The third-order valence-electron chi connectivity index (χ3n) is 4.72. The van der Waals surface area contributed by atoms with E-state index in [1.165, 1.54) is 9.77 Å². The largest absolute Gasteiger partial charge is 0.493 e. The molecular weight excluding hydrogens is 324 g/mol. The van der Waals surface area contributed by atoms with Crippen molar-refractivity contribution in [2.24, 2.45) is 5.92 Å². The molecule has 0 bridgehead atoms. The lowest BCUT2D eigenvalue weighted by Crippen LogP contribution is -2.34. The summed E-state index contributed by atoms with van der Waals surface area (Å²) < 4.78 is 8.20. The van der Waals surface area contributed by atoms with Crippen molar-refractivity contribution in [1.29, 1.82) is 0 Å². The van der Waals surface area contributed by atoms with Crippen LogP contribution in [-0.2, 0) is 0 Å². The van der Waals surface area contributed by atoms with Crippen LogP contribution in [0.15, 0.2) is 57.5 Å². The summed E-state index contributed by atoms with van der Waals surface area (Å²) >= 11 is 3.57. The SMILES string of the molecule is O=c1c2c(sc3ccccc13)SC[C@H]1COc3ccccc3[C@@H]21. The van der Waals surface area contributed by atoms with Crippen molar-refractivity contribution in [2.75, 3.05) is 12.4 Å². The van der Waals surface area contributed by atoms with E-state index in [2.05, 4.69) is 6.07 Å². The number of para-hydroxylation sites is 1. The quantitative estimate of drug-likeness (QED) is 0.603. The van der Waals surface area contributed by atoms with Gasteiger partial charge >= 0.3 is 0 Å². The highest BCUT2D eigenvalue weighted by molar-refractivity contribution is 8.01. The van der Waals surface area contributed by atoms with Crippen LogP contribution in [0, 0.1) is 5.92 Å². The van der Waals surface area contributed by atoms with Gasteiger partial charge in [0.15, 0.2) is 5.43 Å². The van der Waals surface area contributed by atoms with Gasteiger partial charge in [0.25, 0.3) is 0 Å². The van der Waals surface area contributed by atoms with Crippen molar-refractivity contribution < 1.29 is 4.74 Å². The average Bonchev–Trinajstić information content (AvgIpc) is 2.61. The molecule has 0 saturated heterocycles. The third kappa shape index (κ3) is 1.98. The van der Waals surface area contributed by atoms with E-state index in [-0.39, 0.29) is 11.3 Å². The summed E-state index contributed by atoms with van der Waals surface area (Å²) in [7, 11) is 0. The first kappa shape index (κ1) is 13.6. The van der Waals surface area contributed by atoms with Crippen LogP contribution in [-0.4, -0.2) is 12.4 Å². The molecule has 0 radical (unpaired) electrons. The first-order valence-corrected chi connectivity index (χ1v) is 9.53. The van der Waals surface area contributed by atoms with Gasteiger partial charge in [-0.15, -0.1) is 23.1 Å². The van der Waals surface area contributed by atoms with Crippen LogP contribution >= 0.6 is 23.1 Å². The highest BCUT2D eigenvalue weighted by atomic mass is 32.2. The van der Waals surface area contributed by atoms with E-state index in [1.807, 2.05) is 54.2 Å². The normalized spacial score (nSPS) is 21.9. The van der Waals surface area contributed by atoms with Gasteiger partial charge in [-0.3, -0.25) is 4.79 Å². The summed E-state index contributed by atoms with van der Waals surface area (Å²) in [6, 6.07) is 16.1. The number of benzene rings is 2. The van der Waals surface area contributed by atoms with Gasteiger partial charge in [-0.2, -0.15) is 0 Å². The lowest BCUT2D eigenvalue weighted by Gasteiger charge is -2.37. The third-order valence-corrected chi connectivity index (χ3v) is 7.38. The Balaban J connectivity index is 1.83. The first-order chi connectivity index (χ1) is 11.3. The fraction of sp³-hybridized carbons (Fsp3) is 0.211. The predicted molar refractivity (Wildman–Crippen MR) is 96.1 cm³/mol. The van der Waals surface area contributed by atoms with Gasteiger partial charge in [-0.05, 0) is 18.2 Å². The zero-order valence-corrected chi connectivity index (χ0v) is 14.0. The van der Waals surface area contributed by atoms with Gasteiger partial charge in [-0.25, -0.2) is 0 Å². The van der Waals surface area contributed by atoms with Crippen LogP contribution < -0.4 is 10.2 Å². The fourth-order valence-electron chi connectivity index (χ4n) is 3.65. The summed E-state index contributed by atoms with van der Waals surface area (Å²) in [6.45, 7) is 0.699. The molecule has 5 rings (SSSR count). The minimum absolute atomic E-state index is 0.171. The van der Waals surface area contributed by atoms with Gasteiger partial charge in [0.05, 0.1) is 10.8 Å². The van der Waals surface area contributed by atoms with E-state index in [0.29, 0.717) is 12.5 Å². The molecule has 114 valence electrons. The Hall–Kier alpha value is -1.78. The van der Waals surface area contributed by atoms with Crippen molar-refractivity contribution >= 4 is 33.2 Å². The molecule has 2 atom stereocenters. The molecule has 2 aromatic carbocycles. The molecule has 0 N–H and O–H groups in total. The van der Waals surface area contributed by atoms with Crippen molar-refractivity contribution in [1.82, 2.24) is 0 Å². The molecule has 3 aromatic rings. The van der Waals surface area contributed by atoms with Crippen molar-refractivity contribution in [3.63, 3.8) is 0 Å². The summed E-state index contributed by atoms with van der Waals surface area (Å²) in [5.74, 6) is 2.50. The second kappa shape index (κ2) is 5.11. The minimum Gasteiger partial charge on any atom is -0.493 e. The van der Waals surface area contributed by atoms with E-state index in [0.717, 1.165) is 27.2 Å². The Bertz CT molecular complexity index is 977. The average molecular weight is 338 g/mol. The smallest absolute Gasteiger partial charge is 0.193 e. The second-order valence-electron chi connectivity index (χ2n) is 6.03. The molecular formula is C19H14O2S2. The van der Waals surface area contributed by atoms with Crippen LogP contribution in [0.25, 0.3) is 10.1 Å². The number of thioether (sulfide) groups is 1. The predicted octanol–water partition coefficient (Wildman–Crippen LogP) is 4.51. The van der Waals surface area contributed by atoms with Crippen LogP contribution in [0.1, 0.15) is 17.0 Å². The highest BCUT2D eigenvalue weighted by Crippen LogP contribution is 2.50. The maximum atomic E-state index is 13.2. The molecule has 0 amide bonds. The standard InChI is InChI=1S/C19H14O2S2/c20-18-13-6-2-4-8-15(13)23-19-17(18)16-11(10-22-19)9-21-14-7-3-1-5-12(14)16/h1-8,11,16H,9-10H2/t11-,16+/m1/s1. The van der Waals surface area contributed by atoms with Crippen LogP contribution in [0.3, 0.4) is 0 Å². The molecule has 3 heterocycles. The Morgan fingerprint density at radius 3 is 2.83 bits per heavy atom. The lowest BCUT2D eigenvalue weighted by molar-refractivity contribution is 0.218. The second-order valence-corrected chi connectivity index (χ2v) is 8.37. The molecule has 23 heavy (non-hydrogen) atoms. The van der Waals surface area contributed by atoms with E-state index in [9.17, 15) is 4.79 Å². The molecule has 2 nitrogen and oxygen atoms in total. The summed E-state index contributed by atoms with van der Waals surface area (Å²) in [4.78, 5) is 13.2. The molecule has 4 heteroatoms. The number of hydrogen-bond donors (Lipinski definition) is 0. The number of hydrogen-bond acceptors (Lipinski definition) is 4.